The highest BCUT2D eigenvalue weighted by Gasteiger charge is 2.35. The van der Waals surface area contributed by atoms with Crippen LogP contribution in [-0.4, -0.2) is 22.4 Å². The zero-order valence-electron chi connectivity index (χ0n) is 11.2. The van der Waals surface area contributed by atoms with Crippen molar-refractivity contribution in [1.82, 2.24) is 0 Å². The second-order valence-corrected chi connectivity index (χ2v) is 5.98. The van der Waals surface area contributed by atoms with Gasteiger partial charge in [0.25, 0.3) is 0 Å². The van der Waals surface area contributed by atoms with Gasteiger partial charge >= 0.3 is 0 Å². The first-order valence-corrected chi connectivity index (χ1v) is 6.33. The van der Waals surface area contributed by atoms with Gasteiger partial charge in [-0.15, -0.1) is 0 Å². The van der Waals surface area contributed by atoms with Crippen LogP contribution in [0.25, 0.3) is 0 Å². The largest absolute Gasteiger partial charge is 0.393 e. The van der Waals surface area contributed by atoms with Gasteiger partial charge in [-0.2, -0.15) is 0 Å². The summed E-state index contributed by atoms with van der Waals surface area (Å²) in [7, 11) is 0. The summed E-state index contributed by atoms with van der Waals surface area (Å²) in [6, 6.07) is 0. The molecule has 0 saturated heterocycles. The molecule has 16 heavy (non-hydrogen) atoms. The lowest BCUT2D eigenvalue weighted by atomic mass is 9.68. The summed E-state index contributed by atoms with van der Waals surface area (Å²) in [6.07, 6.45) is 2.45. The highest BCUT2D eigenvalue weighted by molar-refractivity contribution is 5.26. The van der Waals surface area contributed by atoms with E-state index in [1.807, 2.05) is 6.92 Å². The minimum absolute atomic E-state index is 0.0743. The quantitative estimate of drug-likeness (QED) is 0.726. The molecule has 0 aromatic heterocycles. The summed E-state index contributed by atoms with van der Waals surface area (Å²) >= 11 is 0. The summed E-state index contributed by atoms with van der Waals surface area (Å²) in [5.74, 6) is -0.0951. The van der Waals surface area contributed by atoms with E-state index in [2.05, 4.69) is 20.8 Å². The summed E-state index contributed by atoms with van der Waals surface area (Å²) < 4.78 is 0. The van der Waals surface area contributed by atoms with Crippen molar-refractivity contribution in [2.75, 3.05) is 0 Å². The van der Waals surface area contributed by atoms with Crippen LogP contribution in [0.2, 0.25) is 0 Å². The fraction of sp³-hybridized carbons (Fsp3) is 0.857. The molecule has 0 bridgehead atoms. The number of allylic oxidation sites excluding steroid dienone is 1. The highest BCUT2D eigenvalue weighted by atomic mass is 16.3. The average Bonchev–Trinajstić information content (AvgIpc) is 2.14. The fourth-order valence-electron chi connectivity index (χ4n) is 2.82. The van der Waals surface area contributed by atoms with Crippen molar-refractivity contribution >= 4 is 0 Å². The van der Waals surface area contributed by atoms with Gasteiger partial charge < -0.3 is 10.2 Å². The SMILES string of the molecule is CC1=C(C(O)C(C)C(C)O)C(C)(C)CCC1. The molecule has 94 valence electrons. The predicted molar refractivity (Wildman–Crippen MR) is 67.2 cm³/mol. The average molecular weight is 226 g/mol. The molecular formula is C14H26O2. The van der Waals surface area contributed by atoms with Gasteiger partial charge in [-0.1, -0.05) is 26.3 Å². The lowest BCUT2D eigenvalue weighted by Gasteiger charge is -2.39. The van der Waals surface area contributed by atoms with Crippen molar-refractivity contribution in [3.8, 4) is 0 Å². The van der Waals surface area contributed by atoms with Crippen molar-refractivity contribution in [2.45, 2.75) is 66.1 Å². The van der Waals surface area contributed by atoms with Gasteiger partial charge in [0.1, 0.15) is 0 Å². The van der Waals surface area contributed by atoms with Crippen LogP contribution in [0, 0.1) is 11.3 Å². The van der Waals surface area contributed by atoms with Crippen molar-refractivity contribution in [1.29, 1.82) is 0 Å². The van der Waals surface area contributed by atoms with Gasteiger partial charge in [-0.05, 0) is 44.1 Å². The summed E-state index contributed by atoms with van der Waals surface area (Å²) in [4.78, 5) is 0. The lowest BCUT2D eigenvalue weighted by Crippen LogP contribution is -2.36. The van der Waals surface area contributed by atoms with E-state index in [1.165, 1.54) is 12.0 Å². The summed E-state index contributed by atoms with van der Waals surface area (Å²) in [5, 5.41) is 20.0. The third-order valence-electron chi connectivity index (χ3n) is 4.10. The molecule has 0 saturated carbocycles. The van der Waals surface area contributed by atoms with Crippen LogP contribution in [0.5, 0.6) is 0 Å². The highest BCUT2D eigenvalue weighted by Crippen LogP contribution is 2.43. The minimum atomic E-state index is -0.504. The molecule has 0 amide bonds. The summed E-state index contributed by atoms with van der Waals surface area (Å²) in [5.41, 5.74) is 2.55. The first kappa shape index (κ1) is 13.7. The molecule has 2 N–H and O–H groups in total. The second-order valence-electron chi connectivity index (χ2n) is 5.98. The van der Waals surface area contributed by atoms with Gasteiger partial charge in [0, 0.05) is 5.92 Å². The van der Waals surface area contributed by atoms with Gasteiger partial charge in [0.15, 0.2) is 0 Å². The zero-order chi connectivity index (χ0) is 12.5. The zero-order valence-corrected chi connectivity index (χ0v) is 11.2. The van der Waals surface area contributed by atoms with E-state index in [0.717, 1.165) is 18.4 Å². The molecule has 3 atom stereocenters. The molecule has 0 fully saturated rings. The maximum absolute atomic E-state index is 10.4. The maximum atomic E-state index is 10.4. The predicted octanol–water partition coefficient (Wildman–Crippen LogP) is 2.89. The molecule has 0 aromatic carbocycles. The van der Waals surface area contributed by atoms with Crippen molar-refractivity contribution in [3.05, 3.63) is 11.1 Å². The van der Waals surface area contributed by atoms with Crippen molar-refractivity contribution < 1.29 is 10.2 Å². The fourth-order valence-corrected chi connectivity index (χ4v) is 2.82. The smallest absolute Gasteiger partial charge is 0.0807 e. The van der Waals surface area contributed by atoms with Crippen LogP contribution in [-0.2, 0) is 0 Å². The molecule has 0 spiro atoms. The van der Waals surface area contributed by atoms with E-state index in [1.54, 1.807) is 6.92 Å². The number of aliphatic hydroxyl groups is 2. The number of hydrogen-bond donors (Lipinski definition) is 2. The Balaban J connectivity index is 2.99. The van der Waals surface area contributed by atoms with Gasteiger partial charge in [0.05, 0.1) is 12.2 Å². The number of hydrogen-bond acceptors (Lipinski definition) is 2. The van der Waals surface area contributed by atoms with Crippen LogP contribution in [0.4, 0.5) is 0 Å². The molecule has 1 aliphatic carbocycles. The molecule has 2 nitrogen and oxygen atoms in total. The summed E-state index contributed by atoms with van der Waals surface area (Å²) in [6.45, 7) is 10.2. The maximum Gasteiger partial charge on any atom is 0.0807 e. The Kier molecular flexibility index (Phi) is 4.19. The third kappa shape index (κ3) is 2.67. The Morgan fingerprint density at radius 1 is 1.19 bits per heavy atom. The topological polar surface area (TPSA) is 40.5 Å². The number of rotatable bonds is 3. The first-order valence-electron chi connectivity index (χ1n) is 6.33. The molecule has 1 rings (SSSR count). The normalized spacial score (nSPS) is 26.4. The van der Waals surface area contributed by atoms with Crippen LogP contribution < -0.4 is 0 Å². The molecule has 1 aliphatic rings. The Morgan fingerprint density at radius 3 is 2.19 bits per heavy atom. The van der Waals surface area contributed by atoms with E-state index in [0.29, 0.717) is 0 Å². The first-order chi connectivity index (χ1) is 7.27. The molecule has 0 heterocycles. The molecule has 0 aliphatic heterocycles. The van der Waals surface area contributed by atoms with Gasteiger partial charge in [-0.25, -0.2) is 0 Å². The van der Waals surface area contributed by atoms with Crippen molar-refractivity contribution in [2.24, 2.45) is 11.3 Å². The Hall–Kier alpha value is -0.340. The van der Waals surface area contributed by atoms with Crippen LogP contribution in [0.3, 0.4) is 0 Å². The number of aliphatic hydroxyl groups excluding tert-OH is 2. The molecule has 0 aromatic rings. The standard InChI is InChI=1S/C14H26O2/c1-9-7-6-8-14(4,5)12(9)13(16)10(2)11(3)15/h10-11,13,15-16H,6-8H2,1-5H3. The molecule has 3 unspecified atom stereocenters. The van der Waals surface area contributed by atoms with Crippen LogP contribution >= 0.6 is 0 Å². The van der Waals surface area contributed by atoms with E-state index in [-0.39, 0.29) is 11.3 Å². The van der Waals surface area contributed by atoms with E-state index < -0.39 is 12.2 Å². The van der Waals surface area contributed by atoms with Crippen LogP contribution in [0.15, 0.2) is 11.1 Å². The monoisotopic (exact) mass is 226 g/mol. The minimum Gasteiger partial charge on any atom is -0.393 e. The van der Waals surface area contributed by atoms with Crippen LogP contribution in [0.1, 0.15) is 53.9 Å². The van der Waals surface area contributed by atoms with E-state index in [4.69, 9.17) is 0 Å². The van der Waals surface area contributed by atoms with Crippen molar-refractivity contribution in [3.63, 3.8) is 0 Å². The second kappa shape index (κ2) is 4.89. The Bertz CT molecular complexity index is 276. The third-order valence-corrected chi connectivity index (χ3v) is 4.10. The Labute approximate surface area is 99.4 Å². The van der Waals surface area contributed by atoms with Gasteiger partial charge in [0.2, 0.25) is 0 Å². The lowest BCUT2D eigenvalue weighted by molar-refractivity contribution is 0.0378. The molecular weight excluding hydrogens is 200 g/mol. The van der Waals surface area contributed by atoms with Gasteiger partial charge in [-0.3, -0.25) is 0 Å². The Morgan fingerprint density at radius 2 is 1.75 bits per heavy atom. The van der Waals surface area contributed by atoms with E-state index in [9.17, 15) is 10.2 Å². The molecule has 2 heteroatoms. The van der Waals surface area contributed by atoms with E-state index >= 15 is 0 Å². The molecule has 0 radical (unpaired) electrons.